The van der Waals surface area contributed by atoms with Gasteiger partial charge in [-0.15, -0.1) is 0 Å². The number of carbonyl (C=O) groups excluding carboxylic acids is 2. The SMILES string of the molecule is CCOC(=O)c1cnn(Cc2ccc(N3CC4C(C3)C4(F)F)nc2C=O)c1. The molecule has 1 aliphatic carbocycles. The van der Waals surface area contributed by atoms with Crippen LogP contribution in [0.2, 0.25) is 0 Å². The minimum atomic E-state index is -2.55. The van der Waals surface area contributed by atoms with Crippen LogP contribution in [0.1, 0.15) is 33.3 Å². The van der Waals surface area contributed by atoms with Crippen LogP contribution >= 0.6 is 0 Å². The van der Waals surface area contributed by atoms with E-state index in [9.17, 15) is 18.4 Å². The third-order valence-electron chi connectivity index (χ3n) is 5.11. The molecule has 1 aliphatic heterocycles. The molecule has 142 valence electrons. The summed E-state index contributed by atoms with van der Waals surface area (Å²) in [5.41, 5.74) is 1.18. The summed E-state index contributed by atoms with van der Waals surface area (Å²) in [4.78, 5) is 29.3. The fraction of sp³-hybridized carbons (Fsp3) is 0.444. The lowest BCUT2D eigenvalue weighted by Crippen LogP contribution is -2.28. The molecule has 9 heteroatoms. The number of carbonyl (C=O) groups is 2. The number of hydrogen-bond acceptors (Lipinski definition) is 6. The Labute approximate surface area is 153 Å². The Balaban J connectivity index is 1.48. The summed E-state index contributed by atoms with van der Waals surface area (Å²) < 4.78 is 33.1. The topological polar surface area (TPSA) is 77.3 Å². The minimum Gasteiger partial charge on any atom is -0.462 e. The lowest BCUT2D eigenvalue weighted by Gasteiger charge is -2.21. The van der Waals surface area contributed by atoms with Gasteiger partial charge in [0.25, 0.3) is 5.92 Å². The molecule has 2 fully saturated rings. The van der Waals surface area contributed by atoms with Crippen molar-refractivity contribution in [3.63, 3.8) is 0 Å². The molecule has 0 bridgehead atoms. The molecular weight excluding hydrogens is 358 g/mol. The molecule has 2 aromatic rings. The van der Waals surface area contributed by atoms with Crippen LogP contribution in [0.3, 0.4) is 0 Å². The monoisotopic (exact) mass is 376 g/mol. The van der Waals surface area contributed by atoms with Crippen molar-refractivity contribution in [2.75, 3.05) is 24.6 Å². The van der Waals surface area contributed by atoms with Crippen LogP contribution in [0.25, 0.3) is 0 Å². The predicted molar refractivity (Wildman–Crippen MR) is 91.1 cm³/mol. The Morgan fingerprint density at radius 2 is 2.11 bits per heavy atom. The van der Waals surface area contributed by atoms with Gasteiger partial charge in [0.15, 0.2) is 6.29 Å². The summed E-state index contributed by atoms with van der Waals surface area (Å²) in [5.74, 6) is -3.71. The summed E-state index contributed by atoms with van der Waals surface area (Å²) in [6, 6.07) is 3.46. The first-order valence-electron chi connectivity index (χ1n) is 8.71. The van der Waals surface area contributed by atoms with Crippen molar-refractivity contribution < 1.29 is 23.1 Å². The molecule has 2 aliphatic rings. The van der Waals surface area contributed by atoms with E-state index in [4.69, 9.17) is 4.74 Å². The highest BCUT2D eigenvalue weighted by atomic mass is 19.3. The van der Waals surface area contributed by atoms with Crippen LogP contribution in [-0.2, 0) is 11.3 Å². The maximum Gasteiger partial charge on any atom is 0.341 e. The van der Waals surface area contributed by atoms with Crippen molar-refractivity contribution in [2.45, 2.75) is 19.4 Å². The highest BCUT2D eigenvalue weighted by Gasteiger charge is 2.71. The summed E-state index contributed by atoms with van der Waals surface area (Å²) in [6.07, 6.45) is 3.58. The summed E-state index contributed by atoms with van der Waals surface area (Å²) >= 11 is 0. The van der Waals surface area contributed by atoms with Crippen LogP contribution in [-0.4, -0.2) is 52.6 Å². The molecule has 0 spiro atoms. The second-order valence-electron chi connectivity index (χ2n) is 6.77. The Kier molecular flexibility index (Phi) is 4.16. The number of hydrogen-bond donors (Lipinski definition) is 0. The van der Waals surface area contributed by atoms with Gasteiger partial charge < -0.3 is 9.64 Å². The molecule has 7 nitrogen and oxygen atoms in total. The number of nitrogens with zero attached hydrogens (tertiary/aromatic N) is 4. The molecule has 4 rings (SSSR count). The predicted octanol–water partition coefficient (Wildman–Crippen LogP) is 2.02. The zero-order valence-corrected chi connectivity index (χ0v) is 14.6. The molecule has 2 unspecified atom stereocenters. The third kappa shape index (κ3) is 3.07. The first-order chi connectivity index (χ1) is 12.9. The number of ether oxygens (including phenoxy) is 1. The minimum absolute atomic E-state index is 0.230. The lowest BCUT2D eigenvalue weighted by molar-refractivity contribution is 0.0526. The number of pyridine rings is 1. The Morgan fingerprint density at radius 1 is 1.37 bits per heavy atom. The highest BCUT2D eigenvalue weighted by molar-refractivity contribution is 5.88. The number of alkyl halides is 2. The fourth-order valence-electron chi connectivity index (χ4n) is 3.54. The van der Waals surface area contributed by atoms with Crippen LogP contribution in [0, 0.1) is 11.8 Å². The number of rotatable bonds is 6. The van der Waals surface area contributed by atoms with Crippen LogP contribution in [0.15, 0.2) is 24.5 Å². The number of fused-ring (bicyclic) bond motifs is 1. The maximum atomic E-state index is 13.3. The van der Waals surface area contributed by atoms with Crippen molar-refractivity contribution in [3.05, 3.63) is 41.3 Å². The van der Waals surface area contributed by atoms with Crippen molar-refractivity contribution in [1.29, 1.82) is 0 Å². The van der Waals surface area contributed by atoms with Gasteiger partial charge >= 0.3 is 5.97 Å². The molecule has 3 heterocycles. The van der Waals surface area contributed by atoms with E-state index in [1.54, 1.807) is 24.0 Å². The van der Waals surface area contributed by atoms with Crippen molar-refractivity contribution in [1.82, 2.24) is 14.8 Å². The number of anilines is 1. The molecule has 0 N–H and O–H groups in total. The normalized spacial score (nSPS) is 22.4. The molecular formula is C18H18F2N4O3. The third-order valence-corrected chi connectivity index (χ3v) is 5.11. The second-order valence-corrected chi connectivity index (χ2v) is 6.77. The lowest BCUT2D eigenvalue weighted by atomic mass is 10.2. The van der Waals surface area contributed by atoms with Crippen LogP contribution in [0.4, 0.5) is 14.6 Å². The molecule has 2 aromatic heterocycles. The van der Waals surface area contributed by atoms with E-state index < -0.39 is 23.7 Å². The smallest absolute Gasteiger partial charge is 0.341 e. The number of aromatic nitrogens is 3. The Morgan fingerprint density at radius 3 is 2.78 bits per heavy atom. The van der Waals surface area contributed by atoms with Crippen LogP contribution in [0.5, 0.6) is 0 Å². The molecule has 0 aromatic carbocycles. The van der Waals surface area contributed by atoms with Gasteiger partial charge in [0.2, 0.25) is 0 Å². The Hall–Kier alpha value is -2.84. The largest absolute Gasteiger partial charge is 0.462 e. The van der Waals surface area contributed by atoms with E-state index in [-0.39, 0.29) is 31.9 Å². The molecule has 1 saturated heterocycles. The quantitative estimate of drug-likeness (QED) is 0.567. The fourth-order valence-corrected chi connectivity index (χ4v) is 3.54. The van der Waals surface area contributed by atoms with Crippen molar-refractivity contribution in [3.8, 4) is 0 Å². The van der Waals surface area contributed by atoms with Gasteiger partial charge in [-0.2, -0.15) is 5.10 Å². The van der Waals surface area contributed by atoms with E-state index >= 15 is 0 Å². The molecule has 1 saturated carbocycles. The van der Waals surface area contributed by atoms with E-state index in [1.165, 1.54) is 17.1 Å². The van der Waals surface area contributed by atoms with Gasteiger partial charge in [0.1, 0.15) is 11.5 Å². The van der Waals surface area contributed by atoms with Gasteiger partial charge in [-0.25, -0.2) is 18.6 Å². The van der Waals surface area contributed by atoms with Gasteiger partial charge in [0, 0.05) is 24.8 Å². The number of halogens is 2. The molecule has 0 radical (unpaired) electrons. The van der Waals surface area contributed by atoms with E-state index in [2.05, 4.69) is 10.1 Å². The van der Waals surface area contributed by atoms with Gasteiger partial charge in [-0.1, -0.05) is 6.07 Å². The molecule has 0 amide bonds. The Bertz CT molecular complexity index is 884. The summed E-state index contributed by atoms with van der Waals surface area (Å²) in [6.45, 7) is 2.75. The first kappa shape index (κ1) is 17.6. The van der Waals surface area contributed by atoms with Gasteiger partial charge in [0.05, 0.1) is 36.7 Å². The number of aldehydes is 1. The second kappa shape index (κ2) is 6.40. The van der Waals surface area contributed by atoms with Gasteiger partial charge in [-0.05, 0) is 13.0 Å². The van der Waals surface area contributed by atoms with Crippen molar-refractivity contribution >= 4 is 18.1 Å². The van der Waals surface area contributed by atoms with E-state index in [0.717, 1.165) is 0 Å². The summed E-state index contributed by atoms with van der Waals surface area (Å²) in [7, 11) is 0. The standard InChI is InChI=1S/C18H18F2N4O3/c1-2-27-17(26)12-5-21-24(7-12)6-11-3-4-16(22-15(11)10-25)23-8-13-14(9-23)18(13,19)20/h3-5,7,10,13-14H,2,6,8-9H2,1H3. The first-order valence-corrected chi connectivity index (χ1v) is 8.71. The molecule has 27 heavy (non-hydrogen) atoms. The zero-order chi connectivity index (χ0) is 19.2. The highest BCUT2D eigenvalue weighted by Crippen LogP contribution is 2.59. The number of esters is 1. The van der Waals surface area contributed by atoms with Crippen molar-refractivity contribution in [2.24, 2.45) is 11.8 Å². The summed E-state index contributed by atoms with van der Waals surface area (Å²) in [5, 5.41) is 4.10. The average molecular weight is 376 g/mol. The maximum absolute atomic E-state index is 13.3. The van der Waals surface area contributed by atoms with E-state index in [1.807, 2.05) is 0 Å². The van der Waals surface area contributed by atoms with Gasteiger partial charge in [-0.3, -0.25) is 9.48 Å². The van der Waals surface area contributed by atoms with Crippen LogP contribution < -0.4 is 4.90 Å². The van der Waals surface area contributed by atoms with E-state index in [0.29, 0.717) is 23.2 Å². The number of piperidine rings is 1. The molecule has 2 atom stereocenters. The zero-order valence-electron chi connectivity index (χ0n) is 14.6. The average Bonchev–Trinajstić information content (AvgIpc) is 3.11.